The minimum Gasteiger partial charge on any atom is -0.424 e. The Balaban J connectivity index is 2.52. The predicted molar refractivity (Wildman–Crippen MR) is 70.5 cm³/mol. The van der Waals surface area contributed by atoms with Crippen molar-refractivity contribution in [1.29, 1.82) is 10.8 Å². The molecule has 0 radical (unpaired) electrons. The van der Waals surface area contributed by atoms with Gasteiger partial charge in [0.1, 0.15) is 10.3 Å². The van der Waals surface area contributed by atoms with Crippen LogP contribution >= 0.6 is 15.9 Å². The third-order valence-electron chi connectivity index (χ3n) is 2.00. The van der Waals surface area contributed by atoms with Crippen molar-refractivity contribution < 1.29 is 4.74 Å². The normalized spacial score (nSPS) is 11.9. The van der Waals surface area contributed by atoms with Crippen LogP contribution in [0.3, 0.4) is 0 Å². The van der Waals surface area contributed by atoms with Crippen molar-refractivity contribution in [3.8, 4) is 0 Å². The van der Waals surface area contributed by atoms with E-state index in [9.17, 15) is 0 Å². The molecule has 0 saturated carbocycles. The van der Waals surface area contributed by atoms with Crippen LogP contribution in [0.2, 0.25) is 0 Å². The van der Waals surface area contributed by atoms with Crippen LogP contribution in [0.25, 0.3) is 0 Å². The van der Waals surface area contributed by atoms with Gasteiger partial charge < -0.3 is 10.5 Å². The number of ether oxygens (including phenoxy) is 1. The van der Waals surface area contributed by atoms with E-state index in [2.05, 4.69) is 20.9 Å². The third-order valence-corrected chi connectivity index (χ3v) is 2.44. The van der Waals surface area contributed by atoms with Gasteiger partial charge in [0.15, 0.2) is 5.90 Å². The lowest BCUT2D eigenvalue weighted by Gasteiger charge is -2.09. The fraction of sp³-hybridized carbons (Fsp3) is 0.364. The van der Waals surface area contributed by atoms with Crippen molar-refractivity contribution in [2.24, 2.45) is 5.73 Å². The molecule has 1 aromatic rings. The van der Waals surface area contributed by atoms with Gasteiger partial charge in [0.25, 0.3) is 0 Å². The van der Waals surface area contributed by atoms with E-state index in [1.165, 1.54) is 0 Å². The Morgan fingerprint density at radius 1 is 1.53 bits per heavy atom. The van der Waals surface area contributed by atoms with E-state index in [0.717, 1.165) is 0 Å². The van der Waals surface area contributed by atoms with E-state index in [-0.39, 0.29) is 17.8 Å². The summed E-state index contributed by atoms with van der Waals surface area (Å²) in [6.45, 7) is 1.87. The number of aromatic nitrogens is 1. The molecule has 1 unspecified atom stereocenters. The maximum Gasteiger partial charge on any atom is 0.239 e. The summed E-state index contributed by atoms with van der Waals surface area (Å²) in [5.74, 6) is -0.0879. The monoisotopic (exact) mass is 298 g/mol. The summed E-state index contributed by atoms with van der Waals surface area (Å²) in [7, 11) is 0. The molecular formula is C11H15BrN4O. The van der Waals surface area contributed by atoms with Gasteiger partial charge in [-0.05, 0) is 41.4 Å². The first-order valence-corrected chi connectivity index (χ1v) is 6.00. The zero-order valence-corrected chi connectivity index (χ0v) is 11.1. The Kier molecular flexibility index (Phi) is 5.24. The zero-order chi connectivity index (χ0) is 12.8. The maximum atomic E-state index is 7.66. The van der Waals surface area contributed by atoms with Crippen LogP contribution in [-0.2, 0) is 4.74 Å². The summed E-state index contributed by atoms with van der Waals surface area (Å²) in [5, 5.41) is 15.2. The summed E-state index contributed by atoms with van der Waals surface area (Å²) >= 11 is 3.21. The van der Waals surface area contributed by atoms with Crippen molar-refractivity contribution in [2.45, 2.75) is 25.8 Å². The summed E-state index contributed by atoms with van der Waals surface area (Å²) in [4.78, 5) is 4.07. The highest BCUT2D eigenvalue weighted by Gasteiger charge is 2.09. The average molecular weight is 299 g/mol. The molecule has 1 atom stereocenters. The summed E-state index contributed by atoms with van der Waals surface area (Å²) < 4.78 is 5.70. The van der Waals surface area contributed by atoms with Gasteiger partial charge in [-0.15, -0.1) is 0 Å². The van der Waals surface area contributed by atoms with E-state index < -0.39 is 0 Å². The molecule has 0 saturated heterocycles. The topological polar surface area (TPSA) is 95.8 Å². The molecule has 0 aliphatic rings. The fourth-order valence-corrected chi connectivity index (χ4v) is 1.46. The van der Waals surface area contributed by atoms with Crippen molar-refractivity contribution in [1.82, 2.24) is 4.98 Å². The van der Waals surface area contributed by atoms with E-state index in [1.807, 2.05) is 6.92 Å². The number of nitrogens with zero attached hydrogens (tertiary/aromatic N) is 1. The molecule has 0 aliphatic heterocycles. The number of hydrogen-bond acceptors (Lipinski definition) is 5. The van der Waals surface area contributed by atoms with Crippen LogP contribution < -0.4 is 5.73 Å². The summed E-state index contributed by atoms with van der Waals surface area (Å²) in [6, 6.07) is 5.21. The SMILES string of the molecule is CC(N)CCC(=N)OC(=N)c1cccc(Br)n1. The molecule has 5 nitrogen and oxygen atoms in total. The van der Waals surface area contributed by atoms with Crippen LogP contribution in [0, 0.1) is 10.8 Å². The second kappa shape index (κ2) is 6.46. The standard InChI is InChI=1S/C11H15BrN4O/c1-7(13)5-6-10(14)17-11(15)8-3-2-4-9(12)16-8/h2-4,7,14-15H,5-6,13H2,1H3. The molecule has 1 aromatic heterocycles. The lowest BCUT2D eigenvalue weighted by Crippen LogP contribution is -2.19. The Labute approximate surface area is 109 Å². The molecule has 1 heterocycles. The highest BCUT2D eigenvalue weighted by Crippen LogP contribution is 2.08. The minimum atomic E-state index is -0.124. The molecule has 0 fully saturated rings. The lowest BCUT2D eigenvalue weighted by molar-refractivity contribution is 0.502. The van der Waals surface area contributed by atoms with Crippen LogP contribution in [0.4, 0.5) is 0 Å². The van der Waals surface area contributed by atoms with Crippen molar-refractivity contribution >= 4 is 27.7 Å². The van der Waals surface area contributed by atoms with Gasteiger partial charge in [0.05, 0.1) is 0 Å². The van der Waals surface area contributed by atoms with Crippen molar-refractivity contribution in [2.75, 3.05) is 0 Å². The Bertz CT molecular complexity index is 420. The highest BCUT2D eigenvalue weighted by atomic mass is 79.9. The van der Waals surface area contributed by atoms with E-state index in [4.69, 9.17) is 21.3 Å². The molecule has 17 heavy (non-hydrogen) atoms. The van der Waals surface area contributed by atoms with Crippen LogP contribution in [0.1, 0.15) is 25.5 Å². The first-order chi connectivity index (χ1) is 7.99. The Hall–Kier alpha value is -1.27. The number of hydrogen-bond donors (Lipinski definition) is 3. The molecule has 4 N–H and O–H groups in total. The molecule has 92 valence electrons. The number of halogens is 1. The molecule has 0 aliphatic carbocycles. The third kappa shape index (κ3) is 5.06. The Morgan fingerprint density at radius 2 is 2.24 bits per heavy atom. The largest absolute Gasteiger partial charge is 0.424 e. The van der Waals surface area contributed by atoms with Gasteiger partial charge in [0, 0.05) is 12.5 Å². The summed E-state index contributed by atoms with van der Waals surface area (Å²) in [5.41, 5.74) is 5.97. The van der Waals surface area contributed by atoms with E-state index >= 15 is 0 Å². The first-order valence-electron chi connectivity index (χ1n) is 5.21. The van der Waals surface area contributed by atoms with Crippen molar-refractivity contribution in [3.05, 3.63) is 28.5 Å². The van der Waals surface area contributed by atoms with Crippen molar-refractivity contribution in [3.63, 3.8) is 0 Å². The maximum absolute atomic E-state index is 7.66. The predicted octanol–water partition coefficient (Wildman–Crippen LogP) is 2.29. The van der Waals surface area contributed by atoms with Crippen LogP contribution in [0.15, 0.2) is 22.8 Å². The smallest absolute Gasteiger partial charge is 0.239 e. The summed E-state index contributed by atoms with van der Waals surface area (Å²) in [6.07, 6.45) is 1.09. The Morgan fingerprint density at radius 3 is 2.82 bits per heavy atom. The molecule has 0 amide bonds. The lowest BCUT2D eigenvalue weighted by atomic mass is 10.2. The van der Waals surface area contributed by atoms with Gasteiger partial charge in [-0.1, -0.05) is 6.07 Å². The highest BCUT2D eigenvalue weighted by molar-refractivity contribution is 9.10. The number of nitrogens with two attached hydrogens (primary N) is 1. The molecule has 1 rings (SSSR count). The van der Waals surface area contributed by atoms with Gasteiger partial charge >= 0.3 is 0 Å². The zero-order valence-electron chi connectivity index (χ0n) is 9.53. The minimum absolute atomic E-state index is 0.0251. The van der Waals surface area contributed by atoms with Gasteiger partial charge in [0.2, 0.25) is 5.90 Å². The second-order valence-electron chi connectivity index (χ2n) is 3.72. The van der Waals surface area contributed by atoms with Crippen LogP contribution in [-0.4, -0.2) is 22.8 Å². The number of rotatable bonds is 4. The van der Waals surface area contributed by atoms with E-state index in [1.54, 1.807) is 18.2 Å². The van der Waals surface area contributed by atoms with Gasteiger partial charge in [-0.25, -0.2) is 4.98 Å². The molecule has 0 spiro atoms. The van der Waals surface area contributed by atoms with E-state index in [0.29, 0.717) is 23.1 Å². The number of pyridine rings is 1. The average Bonchev–Trinajstić information content (AvgIpc) is 2.26. The second-order valence-corrected chi connectivity index (χ2v) is 4.53. The fourth-order valence-electron chi connectivity index (χ4n) is 1.12. The van der Waals surface area contributed by atoms with Crippen LogP contribution in [0.5, 0.6) is 0 Å². The van der Waals surface area contributed by atoms with Gasteiger partial charge in [-0.3, -0.25) is 10.8 Å². The molecule has 0 bridgehead atoms. The first kappa shape index (κ1) is 13.8. The molecule has 0 aromatic carbocycles. The molecular weight excluding hydrogens is 284 g/mol. The van der Waals surface area contributed by atoms with Gasteiger partial charge in [-0.2, -0.15) is 0 Å². The quantitative estimate of drug-likeness (QED) is 0.452. The molecule has 6 heteroatoms. The number of nitrogens with one attached hydrogen (secondary N) is 2.